The van der Waals surface area contributed by atoms with Crippen LogP contribution >= 0.6 is 0 Å². The van der Waals surface area contributed by atoms with Gasteiger partial charge in [0.25, 0.3) is 5.91 Å². The first-order valence-corrected chi connectivity index (χ1v) is 7.59. The molecular formula is C19H20N2O2. The van der Waals surface area contributed by atoms with E-state index in [-0.39, 0.29) is 11.8 Å². The number of nitriles is 1. The summed E-state index contributed by atoms with van der Waals surface area (Å²) in [7, 11) is 0. The quantitative estimate of drug-likeness (QED) is 0.891. The topological polar surface area (TPSA) is 62.1 Å². The highest BCUT2D eigenvalue weighted by Crippen LogP contribution is 2.15. The van der Waals surface area contributed by atoms with Crippen LogP contribution in [0.4, 0.5) is 0 Å². The van der Waals surface area contributed by atoms with Crippen LogP contribution in [-0.2, 0) is 4.79 Å². The van der Waals surface area contributed by atoms with Gasteiger partial charge in [0, 0.05) is 6.54 Å². The molecular weight excluding hydrogens is 288 g/mol. The molecule has 4 nitrogen and oxygen atoms in total. The van der Waals surface area contributed by atoms with Crippen LogP contribution in [0.2, 0.25) is 0 Å². The second-order valence-electron chi connectivity index (χ2n) is 5.45. The molecule has 118 valence electrons. The summed E-state index contributed by atoms with van der Waals surface area (Å²) in [6.45, 7) is 4.34. The second kappa shape index (κ2) is 8.00. The molecule has 4 heteroatoms. The van der Waals surface area contributed by atoms with E-state index in [1.807, 2.05) is 36.4 Å². The van der Waals surface area contributed by atoms with Crippen LogP contribution < -0.4 is 10.1 Å². The average Bonchev–Trinajstić information content (AvgIpc) is 2.60. The molecule has 0 aromatic heterocycles. The highest BCUT2D eigenvalue weighted by molar-refractivity contribution is 5.80. The van der Waals surface area contributed by atoms with Gasteiger partial charge in [-0.3, -0.25) is 4.79 Å². The lowest BCUT2D eigenvalue weighted by atomic mass is 10.0. The van der Waals surface area contributed by atoms with Crippen LogP contribution in [0.1, 0.15) is 30.9 Å². The van der Waals surface area contributed by atoms with E-state index in [2.05, 4.69) is 12.2 Å². The van der Waals surface area contributed by atoms with Crippen molar-refractivity contribution < 1.29 is 9.53 Å². The number of nitrogens with one attached hydrogen (secondary N) is 1. The van der Waals surface area contributed by atoms with E-state index >= 15 is 0 Å². The minimum Gasteiger partial charge on any atom is -0.481 e. The molecule has 0 radical (unpaired) electrons. The molecule has 2 rings (SSSR count). The third-order valence-electron chi connectivity index (χ3n) is 3.62. The number of hydrogen-bond acceptors (Lipinski definition) is 3. The summed E-state index contributed by atoms with van der Waals surface area (Å²) < 4.78 is 5.59. The van der Waals surface area contributed by atoms with E-state index < -0.39 is 6.10 Å². The van der Waals surface area contributed by atoms with Gasteiger partial charge in [0.15, 0.2) is 6.10 Å². The van der Waals surface area contributed by atoms with E-state index in [4.69, 9.17) is 10.00 Å². The SMILES string of the molecule is CC(Oc1ccc(C#N)cc1)C(=O)NCC(C)c1ccccc1. The molecule has 0 saturated heterocycles. The van der Waals surface area contributed by atoms with Crippen molar-refractivity contribution in [1.82, 2.24) is 5.32 Å². The summed E-state index contributed by atoms with van der Waals surface area (Å²) in [5.41, 5.74) is 1.75. The Morgan fingerprint density at radius 2 is 1.78 bits per heavy atom. The maximum absolute atomic E-state index is 12.1. The molecule has 0 saturated carbocycles. The van der Waals surface area contributed by atoms with Crippen molar-refractivity contribution >= 4 is 5.91 Å². The maximum atomic E-state index is 12.1. The smallest absolute Gasteiger partial charge is 0.260 e. The number of hydrogen-bond donors (Lipinski definition) is 1. The van der Waals surface area contributed by atoms with Crippen LogP contribution in [-0.4, -0.2) is 18.6 Å². The number of nitrogens with zero attached hydrogens (tertiary/aromatic N) is 1. The molecule has 1 N–H and O–H groups in total. The Balaban J connectivity index is 1.84. The van der Waals surface area contributed by atoms with E-state index in [0.29, 0.717) is 17.9 Å². The van der Waals surface area contributed by atoms with Crippen molar-refractivity contribution in [2.24, 2.45) is 0 Å². The normalized spacial score (nSPS) is 12.7. The Morgan fingerprint density at radius 3 is 2.39 bits per heavy atom. The van der Waals surface area contributed by atoms with Gasteiger partial charge in [-0.05, 0) is 42.7 Å². The summed E-state index contributed by atoms with van der Waals surface area (Å²) in [6.07, 6.45) is -0.592. The lowest BCUT2D eigenvalue weighted by Gasteiger charge is -2.17. The predicted octanol–water partition coefficient (Wildman–Crippen LogP) is 3.25. The second-order valence-corrected chi connectivity index (χ2v) is 5.45. The predicted molar refractivity (Wildman–Crippen MR) is 89.1 cm³/mol. The van der Waals surface area contributed by atoms with Crippen LogP contribution in [0.25, 0.3) is 0 Å². The molecule has 23 heavy (non-hydrogen) atoms. The van der Waals surface area contributed by atoms with Gasteiger partial charge in [0.2, 0.25) is 0 Å². The fourth-order valence-corrected chi connectivity index (χ4v) is 2.16. The van der Waals surface area contributed by atoms with Crippen LogP contribution in [0, 0.1) is 11.3 Å². The Hall–Kier alpha value is -2.80. The van der Waals surface area contributed by atoms with Crippen molar-refractivity contribution in [3.63, 3.8) is 0 Å². The largest absolute Gasteiger partial charge is 0.481 e. The van der Waals surface area contributed by atoms with E-state index in [0.717, 1.165) is 0 Å². The number of rotatable bonds is 6. The van der Waals surface area contributed by atoms with Gasteiger partial charge in [-0.25, -0.2) is 0 Å². The van der Waals surface area contributed by atoms with Crippen LogP contribution in [0.15, 0.2) is 54.6 Å². The van der Waals surface area contributed by atoms with Crippen LogP contribution in [0.5, 0.6) is 5.75 Å². The van der Waals surface area contributed by atoms with E-state index in [9.17, 15) is 4.79 Å². The summed E-state index contributed by atoms with van der Waals surface area (Å²) in [5.74, 6) is 0.655. The third-order valence-corrected chi connectivity index (χ3v) is 3.62. The van der Waals surface area contributed by atoms with Gasteiger partial charge in [-0.2, -0.15) is 5.26 Å². The summed E-state index contributed by atoms with van der Waals surface area (Å²) in [4.78, 5) is 12.1. The number of carbonyl (C=O) groups excluding carboxylic acids is 1. The number of carbonyl (C=O) groups is 1. The molecule has 0 aliphatic carbocycles. The van der Waals surface area contributed by atoms with E-state index in [1.54, 1.807) is 31.2 Å². The first kappa shape index (κ1) is 16.6. The zero-order valence-corrected chi connectivity index (χ0v) is 13.3. The van der Waals surface area contributed by atoms with E-state index in [1.165, 1.54) is 5.56 Å². The van der Waals surface area contributed by atoms with Gasteiger partial charge in [-0.1, -0.05) is 37.3 Å². The summed E-state index contributed by atoms with van der Waals surface area (Å²) in [5, 5.41) is 11.7. The molecule has 1 amide bonds. The lowest BCUT2D eigenvalue weighted by Crippen LogP contribution is -2.38. The Kier molecular flexibility index (Phi) is 5.76. The number of amides is 1. The first-order chi connectivity index (χ1) is 11.1. The Morgan fingerprint density at radius 1 is 1.13 bits per heavy atom. The maximum Gasteiger partial charge on any atom is 0.260 e. The highest BCUT2D eigenvalue weighted by Gasteiger charge is 2.15. The fourth-order valence-electron chi connectivity index (χ4n) is 2.16. The molecule has 0 heterocycles. The molecule has 2 aromatic carbocycles. The van der Waals surface area contributed by atoms with Crippen molar-refractivity contribution in [2.75, 3.05) is 6.54 Å². The lowest BCUT2D eigenvalue weighted by molar-refractivity contribution is -0.127. The van der Waals surface area contributed by atoms with Crippen molar-refractivity contribution in [1.29, 1.82) is 5.26 Å². The van der Waals surface area contributed by atoms with Crippen LogP contribution in [0.3, 0.4) is 0 Å². The zero-order valence-electron chi connectivity index (χ0n) is 13.3. The van der Waals surface area contributed by atoms with Gasteiger partial charge >= 0.3 is 0 Å². The molecule has 0 bridgehead atoms. The molecule has 2 atom stereocenters. The minimum absolute atomic E-state index is 0.155. The summed E-state index contributed by atoms with van der Waals surface area (Å²) in [6, 6.07) is 18.8. The highest BCUT2D eigenvalue weighted by atomic mass is 16.5. The molecule has 2 unspecified atom stereocenters. The molecule has 0 aliphatic heterocycles. The standard InChI is InChI=1S/C19H20N2O2/c1-14(17-6-4-3-5-7-17)13-21-19(22)15(2)23-18-10-8-16(12-20)9-11-18/h3-11,14-15H,13H2,1-2H3,(H,21,22). The summed E-state index contributed by atoms with van der Waals surface area (Å²) >= 11 is 0. The number of ether oxygens (including phenoxy) is 1. The first-order valence-electron chi connectivity index (χ1n) is 7.59. The molecule has 0 spiro atoms. The zero-order chi connectivity index (χ0) is 16.7. The minimum atomic E-state index is -0.592. The van der Waals surface area contributed by atoms with Gasteiger partial charge in [0.1, 0.15) is 5.75 Å². The Labute approximate surface area is 136 Å². The van der Waals surface area contributed by atoms with Crippen molar-refractivity contribution in [2.45, 2.75) is 25.9 Å². The fraction of sp³-hybridized carbons (Fsp3) is 0.263. The third kappa shape index (κ3) is 4.86. The Bertz CT molecular complexity index is 675. The van der Waals surface area contributed by atoms with Gasteiger partial charge in [0.05, 0.1) is 11.6 Å². The average molecular weight is 308 g/mol. The molecule has 2 aromatic rings. The van der Waals surface area contributed by atoms with Gasteiger partial charge in [-0.15, -0.1) is 0 Å². The van der Waals surface area contributed by atoms with Crippen molar-refractivity contribution in [3.8, 4) is 11.8 Å². The monoisotopic (exact) mass is 308 g/mol. The number of benzene rings is 2. The van der Waals surface area contributed by atoms with Crippen molar-refractivity contribution in [3.05, 3.63) is 65.7 Å². The molecule has 0 aliphatic rings. The van der Waals surface area contributed by atoms with Gasteiger partial charge < -0.3 is 10.1 Å². The molecule has 0 fully saturated rings.